The number of esters is 2. The summed E-state index contributed by atoms with van der Waals surface area (Å²) in [5.41, 5.74) is 1.60. The van der Waals surface area contributed by atoms with E-state index in [1.54, 1.807) is 18.2 Å². The van der Waals surface area contributed by atoms with E-state index in [0.717, 1.165) is 6.42 Å². The normalized spacial score (nSPS) is 12.8. The number of anilines is 1. The Morgan fingerprint density at radius 2 is 1.84 bits per heavy atom. The zero-order chi connectivity index (χ0) is 27.7. The van der Waals surface area contributed by atoms with Crippen LogP contribution < -0.4 is 9.64 Å². The first-order valence-electron chi connectivity index (χ1n) is 11.7. The summed E-state index contributed by atoms with van der Waals surface area (Å²) in [4.78, 5) is 44.4. The van der Waals surface area contributed by atoms with Crippen LogP contribution in [0.2, 0.25) is 10.0 Å². The minimum atomic E-state index is -0.627. The average molecular weight is 557 g/mol. The van der Waals surface area contributed by atoms with Gasteiger partial charge in [0.1, 0.15) is 12.4 Å². The molecule has 0 atom stereocenters. The maximum Gasteiger partial charge on any atom is 0.339 e. The molecule has 1 amide bonds. The second-order valence-corrected chi connectivity index (χ2v) is 9.06. The van der Waals surface area contributed by atoms with Crippen molar-refractivity contribution in [2.45, 2.75) is 32.2 Å². The first-order valence-corrected chi connectivity index (χ1v) is 12.5. The third kappa shape index (κ3) is 6.94. The lowest BCUT2D eigenvalue weighted by molar-refractivity contribution is -0.138. The maximum atomic E-state index is 14.1. The summed E-state index contributed by atoms with van der Waals surface area (Å²) in [5, 5.41) is 0.428. The largest absolute Gasteiger partial charge is 0.488 e. The number of terminal acetylenes is 1. The highest BCUT2D eigenvalue weighted by molar-refractivity contribution is 6.37. The van der Waals surface area contributed by atoms with Gasteiger partial charge in [-0.15, -0.1) is 6.42 Å². The highest BCUT2D eigenvalue weighted by atomic mass is 35.5. The Balaban J connectivity index is 2.13. The number of carbonyl (C=O) groups is 3. The van der Waals surface area contributed by atoms with Crippen molar-refractivity contribution in [3.8, 4) is 18.1 Å². The molecule has 8 nitrogen and oxygen atoms in total. The molecule has 0 radical (unpaired) electrons. The van der Waals surface area contributed by atoms with Crippen molar-refractivity contribution in [3.63, 3.8) is 0 Å². The molecule has 1 aliphatic rings. The molecule has 38 heavy (non-hydrogen) atoms. The van der Waals surface area contributed by atoms with E-state index in [0.29, 0.717) is 30.4 Å². The van der Waals surface area contributed by atoms with E-state index in [9.17, 15) is 14.4 Å². The van der Waals surface area contributed by atoms with Crippen LogP contribution >= 0.6 is 23.2 Å². The van der Waals surface area contributed by atoms with Gasteiger partial charge in [0, 0.05) is 29.6 Å². The number of rotatable bonds is 10. The molecule has 1 aromatic heterocycles. The molecule has 3 rings (SSSR count). The monoisotopic (exact) mass is 556 g/mol. The van der Waals surface area contributed by atoms with Crippen LogP contribution in [-0.4, -0.2) is 43.2 Å². The molecule has 198 valence electrons. The van der Waals surface area contributed by atoms with Crippen molar-refractivity contribution in [2.24, 2.45) is 0 Å². The number of hydrogen-bond acceptors (Lipinski definition) is 7. The Kier molecular flexibility index (Phi) is 10.3. The molecule has 1 heterocycles. The molecule has 2 aromatic rings. The Morgan fingerprint density at radius 3 is 2.53 bits per heavy atom. The molecule has 0 unspecified atom stereocenters. The Hall–Kier alpha value is -3.80. The Labute approximate surface area is 231 Å². The molecular weight excluding hydrogens is 531 g/mol. The van der Waals surface area contributed by atoms with Gasteiger partial charge in [0.25, 0.3) is 5.91 Å². The molecule has 0 bridgehead atoms. The number of nitrogens with zero attached hydrogens (tertiary/aromatic N) is 2. The second kappa shape index (κ2) is 13.7. The molecule has 0 saturated heterocycles. The van der Waals surface area contributed by atoms with Crippen LogP contribution in [0.5, 0.6) is 5.75 Å². The van der Waals surface area contributed by atoms with Crippen LogP contribution in [0, 0.1) is 12.3 Å². The van der Waals surface area contributed by atoms with Gasteiger partial charge in [-0.25, -0.2) is 9.59 Å². The van der Waals surface area contributed by atoms with E-state index in [2.05, 4.69) is 17.5 Å². The minimum Gasteiger partial charge on any atom is -0.488 e. The highest BCUT2D eigenvalue weighted by Gasteiger charge is 2.30. The number of carbonyl (C=O) groups excluding carboxylic acids is 3. The van der Waals surface area contributed by atoms with E-state index in [1.165, 1.54) is 30.5 Å². The van der Waals surface area contributed by atoms with Gasteiger partial charge in [-0.05, 0) is 43.4 Å². The molecule has 10 heteroatoms. The van der Waals surface area contributed by atoms with Gasteiger partial charge in [-0.2, -0.15) is 0 Å². The standard InChI is InChI=1S/C28H26Cl2N2O6/c1-4-10-37-25-14-24(22(29)13-23(25)30)32(17-18-12-19(16-31-15-18)27(34)36-3)26(33)20-8-6-7-9-21(20)28(35)38-11-5-2/h2,4,12-16H,1,6-11,17H2,3H3. The fourth-order valence-corrected chi connectivity index (χ4v) is 4.50. The van der Waals surface area contributed by atoms with E-state index >= 15 is 0 Å². The minimum absolute atomic E-state index is 0.0326. The summed E-state index contributed by atoms with van der Waals surface area (Å²) >= 11 is 12.9. The van der Waals surface area contributed by atoms with Gasteiger partial charge in [-0.1, -0.05) is 41.8 Å². The number of ether oxygens (including phenoxy) is 3. The van der Waals surface area contributed by atoms with Crippen LogP contribution in [0.15, 0.2) is 54.4 Å². The van der Waals surface area contributed by atoms with Crippen molar-refractivity contribution in [1.82, 2.24) is 4.98 Å². The Morgan fingerprint density at radius 1 is 1.11 bits per heavy atom. The predicted octanol–water partition coefficient (Wildman–Crippen LogP) is 5.32. The van der Waals surface area contributed by atoms with E-state index < -0.39 is 17.8 Å². The quantitative estimate of drug-likeness (QED) is 0.222. The van der Waals surface area contributed by atoms with E-state index in [4.69, 9.17) is 43.8 Å². The van der Waals surface area contributed by atoms with Gasteiger partial charge in [0.05, 0.1) is 35.0 Å². The fourth-order valence-electron chi connectivity index (χ4n) is 3.96. The number of pyridine rings is 1. The summed E-state index contributed by atoms with van der Waals surface area (Å²) in [5.74, 6) is 0.890. The topological polar surface area (TPSA) is 95.0 Å². The number of hydrogen-bond donors (Lipinski definition) is 0. The van der Waals surface area contributed by atoms with Crippen LogP contribution in [0.25, 0.3) is 0 Å². The van der Waals surface area contributed by atoms with E-state index in [-0.39, 0.29) is 52.4 Å². The van der Waals surface area contributed by atoms with Gasteiger partial charge in [-0.3, -0.25) is 9.78 Å². The van der Waals surface area contributed by atoms with Crippen LogP contribution in [0.1, 0.15) is 41.6 Å². The third-order valence-corrected chi connectivity index (χ3v) is 6.31. The van der Waals surface area contributed by atoms with Gasteiger partial charge in [0.2, 0.25) is 0 Å². The van der Waals surface area contributed by atoms with Crippen LogP contribution in [-0.2, 0) is 25.6 Å². The van der Waals surface area contributed by atoms with E-state index in [1.807, 2.05) is 0 Å². The van der Waals surface area contributed by atoms with Crippen LogP contribution in [0.3, 0.4) is 0 Å². The van der Waals surface area contributed by atoms with Crippen molar-refractivity contribution in [1.29, 1.82) is 0 Å². The number of halogens is 2. The Bertz CT molecular complexity index is 1310. The number of aromatic nitrogens is 1. The van der Waals surface area contributed by atoms with Crippen LogP contribution in [0.4, 0.5) is 5.69 Å². The first kappa shape index (κ1) is 28.8. The summed E-state index contributed by atoms with van der Waals surface area (Å²) in [7, 11) is 1.26. The lowest BCUT2D eigenvalue weighted by atomic mass is 9.90. The average Bonchev–Trinajstić information content (AvgIpc) is 2.93. The molecule has 0 saturated carbocycles. The third-order valence-electron chi connectivity index (χ3n) is 5.71. The van der Waals surface area contributed by atoms with Gasteiger partial charge in [0.15, 0.2) is 6.61 Å². The van der Waals surface area contributed by atoms with Crippen molar-refractivity contribution >= 4 is 46.7 Å². The first-order chi connectivity index (χ1) is 18.3. The maximum absolute atomic E-state index is 14.1. The number of methoxy groups -OCH3 is 1. The summed E-state index contributed by atoms with van der Waals surface area (Å²) in [6, 6.07) is 4.58. The number of amides is 1. The summed E-state index contributed by atoms with van der Waals surface area (Å²) in [6.45, 7) is 3.58. The molecule has 0 fully saturated rings. The fraction of sp³-hybridized carbons (Fsp3) is 0.286. The zero-order valence-corrected chi connectivity index (χ0v) is 22.3. The second-order valence-electron chi connectivity index (χ2n) is 8.24. The SMILES string of the molecule is C#CCOC(=O)C1=C(C(=O)N(Cc2cncc(C(=O)OC)c2)c2cc(OCC=C)c(Cl)cc2Cl)CCCC1. The lowest BCUT2D eigenvalue weighted by Gasteiger charge is -2.28. The smallest absolute Gasteiger partial charge is 0.339 e. The number of benzene rings is 1. The molecule has 0 N–H and O–H groups in total. The highest BCUT2D eigenvalue weighted by Crippen LogP contribution is 2.39. The molecule has 0 aliphatic heterocycles. The zero-order valence-electron chi connectivity index (χ0n) is 20.8. The van der Waals surface area contributed by atoms with Crippen molar-refractivity contribution in [2.75, 3.05) is 25.2 Å². The van der Waals surface area contributed by atoms with Crippen molar-refractivity contribution in [3.05, 3.63) is 75.6 Å². The lowest BCUT2D eigenvalue weighted by Crippen LogP contribution is -2.34. The van der Waals surface area contributed by atoms with Crippen molar-refractivity contribution < 1.29 is 28.6 Å². The predicted molar refractivity (Wildman–Crippen MR) is 144 cm³/mol. The summed E-state index contributed by atoms with van der Waals surface area (Å²) < 4.78 is 15.6. The van der Waals surface area contributed by atoms with Gasteiger partial charge >= 0.3 is 11.9 Å². The molecule has 1 aromatic carbocycles. The molecule has 0 spiro atoms. The molecular formula is C28H26Cl2N2O6. The summed E-state index contributed by atoms with van der Waals surface area (Å²) in [6.07, 6.45) is 11.8. The molecule has 1 aliphatic carbocycles. The van der Waals surface area contributed by atoms with Gasteiger partial charge < -0.3 is 19.1 Å².